The normalized spacial score (nSPS) is 17.7. The first-order valence-electron chi connectivity index (χ1n) is 8.55. The highest BCUT2D eigenvalue weighted by Gasteiger charge is 2.27. The standard InChI is InChI=1S/C19H20FN3O2S/c1-19(2)11-23(7-8-25-19)10-16-21-14-9-15(26-17(14)18(24)22-16)12-3-5-13(20)6-4-12/h3-6,9H,7-8,10-11H2,1-2H3,(H,21,22,24). The molecule has 1 saturated heterocycles. The van der Waals surface area contributed by atoms with Crippen LogP contribution in [0, 0.1) is 5.82 Å². The van der Waals surface area contributed by atoms with E-state index in [1.165, 1.54) is 23.5 Å². The van der Waals surface area contributed by atoms with E-state index in [0.717, 1.165) is 23.5 Å². The van der Waals surface area contributed by atoms with Crippen molar-refractivity contribution in [3.8, 4) is 10.4 Å². The van der Waals surface area contributed by atoms with Crippen LogP contribution >= 0.6 is 11.3 Å². The van der Waals surface area contributed by atoms with Crippen molar-refractivity contribution in [1.29, 1.82) is 0 Å². The highest BCUT2D eigenvalue weighted by atomic mass is 32.1. The Hall–Kier alpha value is -2.09. The van der Waals surface area contributed by atoms with Crippen LogP contribution in [0.1, 0.15) is 19.7 Å². The lowest BCUT2D eigenvalue weighted by molar-refractivity contribution is -0.0887. The molecule has 0 amide bonds. The second kappa shape index (κ2) is 6.57. The summed E-state index contributed by atoms with van der Waals surface area (Å²) in [7, 11) is 0. The van der Waals surface area contributed by atoms with Crippen molar-refractivity contribution in [1.82, 2.24) is 14.9 Å². The molecule has 4 rings (SSSR count). The molecule has 26 heavy (non-hydrogen) atoms. The number of aromatic amines is 1. The molecule has 136 valence electrons. The average Bonchev–Trinajstić information content (AvgIpc) is 2.99. The first kappa shape index (κ1) is 17.3. The third-order valence-electron chi connectivity index (χ3n) is 4.44. The predicted octanol–water partition coefficient (Wildman–Crippen LogP) is 3.40. The summed E-state index contributed by atoms with van der Waals surface area (Å²) in [5.41, 5.74) is 1.24. The van der Waals surface area contributed by atoms with Crippen LogP contribution in [0.3, 0.4) is 0 Å². The van der Waals surface area contributed by atoms with Gasteiger partial charge in [-0.15, -0.1) is 11.3 Å². The number of benzene rings is 1. The van der Waals surface area contributed by atoms with Gasteiger partial charge in [0, 0.05) is 18.0 Å². The number of thiophene rings is 1. The Morgan fingerprint density at radius 3 is 2.85 bits per heavy atom. The number of hydrogen-bond acceptors (Lipinski definition) is 5. The van der Waals surface area contributed by atoms with Crippen LogP contribution in [0.25, 0.3) is 20.7 Å². The molecule has 0 radical (unpaired) electrons. The molecular formula is C19H20FN3O2S. The average molecular weight is 373 g/mol. The van der Waals surface area contributed by atoms with E-state index in [2.05, 4.69) is 28.7 Å². The van der Waals surface area contributed by atoms with Gasteiger partial charge in [-0.25, -0.2) is 9.37 Å². The number of halogens is 1. The molecule has 0 bridgehead atoms. The van der Waals surface area contributed by atoms with Gasteiger partial charge >= 0.3 is 0 Å². The number of nitrogens with zero attached hydrogens (tertiary/aromatic N) is 2. The first-order chi connectivity index (χ1) is 12.4. The summed E-state index contributed by atoms with van der Waals surface area (Å²) in [4.78, 5) is 23.2. The van der Waals surface area contributed by atoms with Crippen LogP contribution in [0.5, 0.6) is 0 Å². The van der Waals surface area contributed by atoms with Crippen molar-refractivity contribution in [3.05, 3.63) is 52.3 Å². The first-order valence-corrected chi connectivity index (χ1v) is 9.36. The molecule has 3 heterocycles. The Labute approximate surface area is 154 Å². The largest absolute Gasteiger partial charge is 0.373 e. The Balaban J connectivity index is 1.64. The highest BCUT2D eigenvalue weighted by molar-refractivity contribution is 7.22. The van der Waals surface area contributed by atoms with Crippen LogP contribution in [0.2, 0.25) is 0 Å². The SMILES string of the molecule is CC1(C)CN(Cc2nc3cc(-c4ccc(F)cc4)sc3c(=O)[nH]2)CCO1. The molecule has 1 aromatic carbocycles. The topological polar surface area (TPSA) is 58.2 Å². The van der Waals surface area contributed by atoms with Crippen LogP contribution < -0.4 is 5.56 Å². The minimum Gasteiger partial charge on any atom is -0.373 e. The molecule has 0 atom stereocenters. The second-order valence-corrected chi connectivity index (χ2v) is 8.22. The van der Waals surface area contributed by atoms with Gasteiger partial charge in [-0.05, 0) is 37.6 Å². The molecule has 0 unspecified atom stereocenters. The molecule has 3 aromatic rings. The molecule has 5 nitrogen and oxygen atoms in total. The van der Waals surface area contributed by atoms with Crippen LogP contribution in [0.15, 0.2) is 35.1 Å². The Kier molecular flexibility index (Phi) is 4.38. The fraction of sp³-hybridized carbons (Fsp3) is 0.368. The lowest BCUT2D eigenvalue weighted by Gasteiger charge is -2.37. The number of morpholine rings is 1. The monoisotopic (exact) mass is 373 g/mol. The molecule has 7 heteroatoms. The number of ether oxygens (including phenoxy) is 1. The highest BCUT2D eigenvalue weighted by Crippen LogP contribution is 2.31. The zero-order valence-electron chi connectivity index (χ0n) is 14.7. The molecule has 1 N–H and O–H groups in total. The molecule has 0 saturated carbocycles. The summed E-state index contributed by atoms with van der Waals surface area (Å²) in [6.45, 7) is 6.99. The van der Waals surface area contributed by atoms with Gasteiger partial charge in [0.05, 0.1) is 24.3 Å². The second-order valence-electron chi connectivity index (χ2n) is 7.16. The number of nitrogens with one attached hydrogen (secondary N) is 1. The number of hydrogen-bond donors (Lipinski definition) is 1. The van der Waals surface area contributed by atoms with Gasteiger partial charge in [0.25, 0.3) is 5.56 Å². The summed E-state index contributed by atoms with van der Waals surface area (Å²) in [6.07, 6.45) is 0. The predicted molar refractivity (Wildman–Crippen MR) is 101 cm³/mol. The number of rotatable bonds is 3. The van der Waals surface area contributed by atoms with Gasteiger partial charge in [0.1, 0.15) is 16.3 Å². The van der Waals surface area contributed by atoms with Crippen LogP contribution in [-0.4, -0.2) is 40.2 Å². The molecule has 0 spiro atoms. The fourth-order valence-corrected chi connectivity index (χ4v) is 4.28. The van der Waals surface area contributed by atoms with Gasteiger partial charge in [0.2, 0.25) is 0 Å². The van der Waals surface area contributed by atoms with Gasteiger partial charge in [-0.3, -0.25) is 9.69 Å². The van der Waals surface area contributed by atoms with E-state index >= 15 is 0 Å². The Morgan fingerprint density at radius 1 is 1.35 bits per heavy atom. The van der Waals surface area contributed by atoms with E-state index in [1.807, 2.05) is 6.07 Å². The van der Waals surface area contributed by atoms with Crippen LogP contribution in [0.4, 0.5) is 4.39 Å². The van der Waals surface area contributed by atoms with Crippen molar-refractivity contribution in [3.63, 3.8) is 0 Å². The maximum Gasteiger partial charge on any atom is 0.268 e. The maximum atomic E-state index is 13.1. The van der Waals surface area contributed by atoms with E-state index in [1.54, 1.807) is 12.1 Å². The molecule has 1 fully saturated rings. The lowest BCUT2D eigenvalue weighted by atomic mass is 10.1. The van der Waals surface area contributed by atoms with Crippen molar-refractivity contribution in [2.45, 2.75) is 26.0 Å². The smallest absolute Gasteiger partial charge is 0.268 e. The van der Waals surface area contributed by atoms with Gasteiger partial charge < -0.3 is 9.72 Å². The summed E-state index contributed by atoms with van der Waals surface area (Å²) in [6, 6.07) is 8.16. The van der Waals surface area contributed by atoms with Crippen molar-refractivity contribution < 1.29 is 9.13 Å². The molecule has 1 aliphatic rings. The Morgan fingerprint density at radius 2 is 2.12 bits per heavy atom. The molecule has 0 aliphatic carbocycles. The minimum atomic E-state index is -0.276. The zero-order valence-corrected chi connectivity index (χ0v) is 15.5. The Bertz CT molecular complexity index is 994. The molecule has 2 aromatic heterocycles. The summed E-state index contributed by atoms with van der Waals surface area (Å²) in [5.74, 6) is 0.380. The summed E-state index contributed by atoms with van der Waals surface area (Å²) >= 11 is 1.38. The minimum absolute atomic E-state index is 0.129. The quantitative estimate of drug-likeness (QED) is 0.764. The maximum absolute atomic E-state index is 13.1. The van der Waals surface area contributed by atoms with E-state index in [0.29, 0.717) is 29.2 Å². The number of fused-ring (bicyclic) bond motifs is 1. The zero-order chi connectivity index (χ0) is 18.3. The van der Waals surface area contributed by atoms with Gasteiger partial charge in [0.15, 0.2) is 0 Å². The lowest BCUT2D eigenvalue weighted by Crippen LogP contribution is -2.48. The van der Waals surface area contributed by atoms with Gasteiger partial charge in [-0.1, -0.05) is 12.1 Å². The van der Waals surface area contributed by atoms with Crippen molar-refractivity contribution in [2.24, 2.45) is 0 Å². The third-order valence-corrected chi connectivity index (χ3v) is 5.61. The van der Waals surface area contributed by atoms with Crippen molar-refractivity contribution in [2.75, 3.05) is 19.7 Å². The third kappa shape index (κ3) is 3.56. The van der Waals surface area contributed by atoms with E-state index < -0.39 is 0 Å². The number of aromatic nitrogens is 2. The number of H-pyrrole nitrogens is 1. The fourth-order valence-electron chi connectivity index (χ4n) is 3.28. The summed E-state index contributed by atoms with van der Waals surface area (Å²) < 4.78 is 19.4. The molecular weight excluding hydrogens is 353 g/mol. The van der Waals surface area contributed by atoms with Crippen molar-refractivity contribution >= 4 is 21.6 Å². The van der Waals surface area contributed by atoms with E-state index in [9.17, 15) is 9.18 Å². The van der Waals surface area contributed by atoms with Gasteiger partial charge in [-0.2, -0.15) is 0 Å². The van der Waals surface area contributed by atoms with E-state index in [-0.39, 0.29) is 17.0 Å². The van der Waals surface area contributed by atoms with E-state index in [4.69, 9.17) is 4.74 Å². The van der Waals surface area contributed by atoms with Crippen LogP contribution in [-0.2, 0) is 11.3 Å². The summed E-state index contributed by atoms with van der Waals surface area (Å²) in [5, 5.41) is 0. The molecule has 1 aliphatic heterocycles.